The highest BCUT2D eigenvalue weighted by Gasteiger charge is 2.61. The molecule has 1 N–H and O–H groups in total. The van der Waals surface area contributed by atoms with Gasteiger partial charge in [0, 0.05) is 25.2 Å². The van der Waals surface area contributed by atoms with Crippen LogP contribution < -0.4 is 5.32 Å². The van der Waals surface area contributed by atoms with Crippen LogP contribution >= 0.6 is 0 Å². The quantitative estimate of drug-likeness (QED) is 0.914. The first-order valence-corrected chi connectivity index (χ1v) is 8.83. The van der Waals surface area contributed by atoms with Crippen molar-refractivity contribution in [2.45, 2.75) is 38.4 Å². The monoisotopic (exact) mass is 320 g/mol. The van der Waals surface area contributed by atoms with Crippen molar-refractivity contribution in [3.05, 3.63) is 71.8 Å². The smallest absolute Gasteiger partial charge is 0.230 e. The topological polar surface area (TPSA) is 32.3 Å². The molecule has 3 heteroatoms. The van der Waals surface area contributed by atoms with E-state index in [4.69, 9.17) is 0 Å². The molecule has 2 fully saturated rings. The van der Waals surface area contributed by atoms with E-state index < -0.39 is 0 Å². The predicted molar refractivity (Wildman–Crippen MR) is 95.3 cm³/mol. The highest BCUT2D eigenvalue weighted by atomic mass is 16.2. The van der Waals surface area contributed by atoms with Gasteiger partial charge in [-0.1, -0.05) is 60.7 Å². The van der Waals surface area contributed by atoms with Gasteiger partial charge in [-0.2, -0.15) is 0 Å². The lowest BCUT2D eigenvalue weighted by molar-refractivity contribution is -0.132. The second kappa shape index (κ2) is 6.06. The molecule has 2 aromatic rings. The maximum Gasteiger partial charge on any atom is 0.230 e. The van der Waals surface area contributed by atoms with Gasteiger partial charge in [0.05, 0.1) is 5.41 Å². The van der Waals surface area contributed by atoms with Crippen molar-refractivity contribution in [3.8, 4) is 0 Å². The zero-order chi connectivity index (χ0) is 16.6. The normalized spacial score (nSPS) is 22.8. The number of carbonyl (C=O) groups is 1. The molecule has 2 aromatic carbocycles. The maximum atomic E-state index is 12.9. The van der Waals surface area contributed by atoms with E-state index in [9.17, 15) is 4.79 Å². The molecule has 1 unspecified atom stereocenters. The first kappa shape index (κ1) is 15.4. The van der Waals surface area contributed by atoms with Gasteiger partial charge in [0.25, 0.3) is 0 Å². The number of hydrogen-bond acceptors (Lipinski definition) is 2. The Kier molecular flexibility index (Phi) is 3.89. The van der Waals surface area contributed by atoms with Gasteiger partial charge in [0.15, 0.2) is 0 Å². The van der Waals surface area contributed by atoms with Crippen molar-refractivity contribution in [2.75, 3.05) is 6.54 Å². The van der Waals surface area contributed by atoms with E-state index in [1.807, 2.05) is 29.2 Å². The number of nitrogens with one attached hydrogen (secondary N) is 1. The number of hydrogen-bond donors (Lipinski definition) is 1. The fraction of sp³-hybridized carbons (Fsp3) is 0.381. The van der Waals surface area contributed by atoms with Gasteiger partial charge in [-0.25, -0.2) is 0 Å². The van der Waals surface area contributed by atoms with Gasteiger partial charge in [-0.3, -0.25) is 4.79 Å². The zero-order valence-corrected chi connectivity index (χ0v) is 14.1. The molecular weight excluding hydrogens is 296 g/mol. The van der Waals surface area contributed by atoms with Crippen molar-refractivity contribution in [3.63, 3.8) is 0 Å². The summed E-state index contributed by atoms with van der Waals surface area (Å²) in [6.45, 7) is 3.72. The fourth-order valence-electron chi connectivity index (χ4n) is 3.93. The summed E-state index contributed by atoms with van der Waals surface area (Å²) >= 11 is 0. The molecule has 1 aliphatic heterocycles. The number of carbonyl (C=O) groups excluding carboxylic acids is 1. The van der Waals surface area contributed by atoms with E-state index in [-0.39, 0.29) is 17.5 Å². The standard InChI is InChI=1S/C21H24N2O/c1-16(18-10-6-3-7-11-18)22-19-15-23(20(24)21(19)12-13-21)14-17-8-4-2-5-9-17/h2-11,16,19,22H,12-15H2,1H3/t16?,19-/m1/s1. The summed E-state index contributed by atoms with van der Waals surface area (Å²) in [5.41, 5.74) is 2.35. The Labute approximate surface area is 143 Å². The van der Waals surface area contributed by atoms with Crippen LogP contribution in [0.4, 0.5) is 0 Å². The summed E-state index contributed by atoms with van der Waals surface area (Å²) in [5, 5.41) is 3.73. The maximum absolute atomic E-state index is 12.9. The minimum Gasteiger partial charge on any atom is -0.336 e. The molecule has 24 heavy (non-hydrogen) atoms. The molecule has 0 bridgehead atoms. The van der Waals surface area contributed by atoms with Crippen molar-refractivity contribution >= 4 is 5.91 Å². The Morgan fingerprint density at radius 2 is 1.71 bits per heavy atom. The largest absolute Gasteiger partial charge is 0.336 e. The highest BCUT2D eigenvalue weighted by molar-refractivity contribution is 5.88. The molecule has 124 valence electrons. The Balaban J connectivity index is 1.47. The molecule has 1 aliphatic carbocycles. The number of benzene rings is 2. The highest BCUT2D eigenvalue weighted by Crippen LogP contribution is 2.54. The average molecular weight is 320 g/mol. The Hall–Kier alpha value is -2.13. The van der Waals surface area contributed by atoms with Gasteiger partial charge >= 0.3 is 0 Å². The second-order valence-corrected chi connectivity index (χ2v) is 7.18. The van der Waals surface area contributed by atoms with Gasteiger partial charge in [-0.15, -0.1) is 0 Å². The molecule has 1 spiro atoms. The molecule has 1 amide bonds. The molecule has 2 atom stereocenters. The Bertz CT molecular complexity index is 709. The minimum atomic E-state index is -0.141. The zero-order valence-electron chi connectivity index (χ0n) is 14.1. The first-order chi connectivity index (χ1) is 11.7. The molecular formula is C21H24N2O. The van der Waals surface area contributed by atoms with Crippen molar-refractivity contribution < 1.29 is 4.79 Å². The van der Waals surface area contributed by atoms with E-state index in [1.165, 1.54) is 11.1 Å². The first-order valence-electron chi connectivity index (χ1n) is 8.83. The molecule has 3 nitrogen and oxygen atoms in total. The van der Waals surface area contributed by atoms with Crippen LogP contribution in [0.3, 0.4) is 0 Å². The summed E-state index contributed by atoms with van der Waals surface area (Å²) < 4.78 is 0. The summed E-state index contributed by atoms with van der Waals surface area (Å²) in [6.07, 6.45) is 2.05. The van der Waals surface area contributed by atoms with Crippen molar-refractivity contribution in [1.29, 1.82) is 0 Å². The number of likely N-dealkylation sites (tertiary alicyclic amines) is 1. The third kappa shape index (κ3) is 2.73. The molecule has 2 aliphatic rings. The Morgan fingerprint density at radius 1 is 1.08 bits per heavy atom. The SMILES string of the molecule is CC(N[C@@H]1CN(Cc2ccccc2)C(=O)C12CC2)c1ccccc1. The molecule has 1 saturated carbocycles. The second-order valence-electron chi connectivity index (χ2n) is 7.18. The van der Waals surface area contributed by atoms with Crippen LogP contribution in [0.15, 0.2) is 60.7 Å². The van der Waals surface area contributed by atoms with Crippen LogP contribution in [0.2, 0.25) is 0 Å². The fourth-order valence-corrected chi connectivity index (χ4v) is 3.93. The molecule has 4 rings (SSSR count). The minimum absolute atomic E-state index is 0.141. The number of amides is 1. The predicted octanol–water partition coefficient (Wildman–Crippen LogP) is 3.53. The van der Waals surface area contributed by atoms with Crippen LogP contribution in [0, 0.1) is 5.41 Å². The Morgan fingerprint density at radius 3 is 2.33 bits per heavy atom. The third-order valence-electron chi connectivity index (χ3n) is 5.54. The van der Waals surface area contributed by atoms with Gasteiger partial charge in [-0.05, 0) is 30.9 Å². The van der Waals surface area contributed by atoms with Gasteiger partial charge in [0.1, 0.15) is 0 Å². The van der Waals surface area contributed by atoms with Crippen LogP contribution in [0.5, 0.6) is 0 Å². The summed E-state index contributed by atoms with van der Waals surface area (Å²) in [5.74, 6) is 0.337. The molecule has 1 heterocycles. The number of rotatable bonds is 5. The van der Waals surface area contributed by atoms with Crippen LogP contribution in [0.1, 0.15) is 36.9 Å². The van der Waals surface area contributed by atoms with E-state index in [2.05, 4.69) is 48.6 Å². The van der Waals surface area contributed by atoms with Crippen molar-refractivity contribution in [1.82, 2.24) is 10.2 Å². The van der Waals surface area contributed by atoms with E-state index in [0.29, 0.717) is 5.91 Å². The van der Waals surface area contributed by atoms with Crippen LogP contribution in [-0.4, -0.2) is 23.4 Å². The van der Waals surface area contributed by atoms with E-state index in [0.717, 1.165) is 25.9 Å². The number of nitrogens with zero attached hydrogens (tertiary/aromatic N) is 1. The van der Waals surface area contributed by atoms with Crippen LogP contribution in [-0.2, 0) is 11.3 Å². The summed E-state index contributed by atoms with van der Waals surface area (Å²) in [4.78, 5) is 14.9. The molecule has 1 saturated heterocycles. The molecule has 0 radical (unpaired) electrons. The van der Waals surface area contributed by atoms with Crippen LogP contribution in [0.25, 0.3) is 0 Å². The van der Waals surface area contributed by atoms with E-state index >= 15 is 0 Å². The lowest BCUT2D eigenvalue weighted by Gasteiger charge is -2.23. The van der Waals surface area contributed by atoms with Gasteiger partial charge < -0.3 is 10.2 Å². The van der Waals surface area contributed by atoms with E-state index in [1.54, 1.807) is 0 Å². The average Bonchev–Trinajstić information content (AvgIpc) is 3.39. The summed E-state index contributed by atoms with van der Waals surface area (Å²) in [7, 11) is 0. The summed E-state index contributed by atoms with van der Waals surface area (Å²) in [6, 6.07) is 21.3. The van der Waals surface area contributed by atoms with Crippen molar-refractivity contribution in [2.24, 2.45) is 5.41 Å². The third-order valence-corrected chi connectivity index (χ3v) is 5.54. The van der Waals surface area contributed by atoms with Gasteiger partial charge in [0.2, 0.25) is 5.91 Å². The lowest BCUT2D eigenvalue weighted by Crippen LogP contribution is -2.39. The lowest BCUT2D eigenvalue weighted by atomic mass is 9.98. The molecule has 0 aromatic heterocycles.